The quantitative estimate of drug-likeness (QED) is 0.761. The third-order valence-electron chi connectivity index (χ3n) is 3.10. The summed E-state index contributed by atoms with van der Waals surface area (Å²) in [6.45, 7) is 3.81. The summed E-state index contributed by atoms with van der Waals surface area (Å²) in [5.74, 6) is 1.09. The zero-order valence-corrected chi connectivity index (χ0v) is 10.7. The summed E-state index contributed by atoms with van der Waals surface area (Å²) in [6, 6.07) is 0.469. The summed E-state index contributed by atoms with van der Waals surface area (Å²) in [5, 5.41) is 0. The van der Waals surface area contributed by atoms with Gasteiger partial charge < -0.3 is 10.3 Å². The lowest BCUT2D eigenvalue weighted by Crippen LogP contribution is -2.37. The van der Waals surface area contributed by atoms with Gasteiger partial charge in [0, 0.05) is 32.0 Å². The number of imidazole rings is 1. The fourth-order valence-electron chi connectivity index (χ4n) is 1.86. The molecule has 0 amide bonds. The van der Waals surface area contributed by atoms with Gasteiger partial charge in [-0.3, -0.25) is 4.90 Å². The third kappa shape index (κ3) is 3.61. The van der Waals surface area contributed by atoms with Gasteiger partial charge in [0.1, 0.15) is 5.82 Å². The van der Waals surface area contributed by atoms with E-state index in [1.807, 2.05) is 19.4 Å². The van der Waals surface area contributed by atoms with Gasteiger partial charge in [-0.1, -0.05) is 19.8 Å². The van der Waals surface area contributed by atoms with E-state index in [-0.39, 0.29) is 0 Å². The second-order valence-corrected chi connectivity index (χ2v) is 4.40. The van der Waals surface area contributed by atoms with Crippen molar-refractivity contribution in [1.82, 2.24) is 14.5 Å². The van der Waals surface area contributed by atoms with Crippen LogP contribution in [-0.2, 0) is 13.6 Å². The largest absolute Gasteiger partial charge is 0.337 e. The van der Waals surface area contributed by atoms with Crippen molar-refractivity contribution in [1.29, 1.82) is 0 Å². The maximum atomic E-state index is 5.81. The molecule has 0 spiro atoms. The molecule has 1 rings (SSSR count). The molecule has 0 aromatic carbocycles. The second-order valence-electron chi connectivity index (χ2n) is 4.40. The molecule has 92 valence electrons. The van der Waals surface area contributed by atoms with E-state index >= 15 is 0 Å². The predicted molar refractivity (Wildman–Crippen MR) is 67.0 cm³/mol. The van der Waals surface area contributed by atoms with Gasteiger partial charge in [0.25, 0.3) is 0 Å². The van der Waals surface area contributed by atoms with Crippen molar-refractivity contribution >= 4 is 0 Å². The molecule has 16 heavy (non-hydrogen) atoms. The first-order valence-corrected chi connectivity index (χ1v) is 6.05. The van der Waals surface area contributed by atoms with E-state index in [0.29, 0.717) is 6.04 Å². The maximum absolute atomic E-state index is 5.81. The number of hydrogen-bond acceptors (Lipinski definition) is 3. The van der Waals surface area contributed by atoms with Crippen LogP contribution in [0.3, 0.4) is 0 Å². The first kappa shape index (κ1) is 13.2. The van der Waals surface area contributed by atoms with E-state index in [9.17, 15) is 0 Å². The molecule has 4 nitrogen and oxygen atoms in total. The molecule has 2 N–H and O–H groups in total. The SMILES string of the molecule is CCCCC(CN)N(C)Cc1nccn1C. The van der Waals surface area contributed by atoms with Crippen LogP contribution in [0.15, 0.2) is 12.4 Å². The lowest BCUT2D eigenvalue weighted by atomic mass is 10.1. The zero-order chi connectivity index (χ0) is 12.0. The van der Waals surface area contributed by atoms with Gasteiger partial charge in [0.15, 0.2) is 0 Å². The molecule has 0 aliphatic carbocycles. The van der Waals surface area contributed by atoms with Crippen LogP contribution in [-0.4, -0.2) is 34.1 Å². The smallest absolute Gasteiger partial charge is 0.122 e. The predicted octanol–water partition coefficient (Wildman–Crippen LogP) is 1.37. The molecular weight excluding hydrogens is 200 g/mol. The maximum Gasteiger partial charge on any atom is 0.122 e. The molecule has 1 heterocycles. The molecule has 4 heteroatoms. The minimum atomic E-state index is 0.469. The van der Waals surface area contributed by atoms with Crippen molar-refractivity contribution in [2.24, 2.45) is 12.8 Å². The molecule has 0 saturated carbocycles. The fourth-order valence-corrected chi connectivity index (χ4v) is 1.86. The summed E-state index contributed by atoms with van der Waals surface area (Å²) in [7, 11) is 4.15. The minimum absolute atomic E-state index is 0.469. The Kier molecular flexibility index (Phi) is 5.49. The van der Waals surface area contributed by atoms with Crippen molar-refractivity contribution in [3.8, 4) is 0 Å². The molecule has 1 aromatic rings. The Hall–Kier alpha value is -0.870. The number of nitrogens with zero attached hydrogens (tertiary/aromatic N) is 3. The Morgan fingerprint density at radius 3 is 2.81 bits per heavy atom. The molecule has 0 radical (unpaired) electrons. The fraction of sp³-hybridized carbons (Fsp3) is 0.750. The summed E-state index contributed by atoms with van der Waals surface area (Å²) < 4.78 is 2.06. The average Bonchev–Trinajstić information content (AvgIpc) is 2.65. The van der Waals surface area contributed by atoms with Gasteiger partial charge in [-0.2, -0.15) is 0 Å². The first-order valence-electron chi connectivity index (χ1n) is 6.05. The highest BCUT2D eigenvalue weighted by Gasteiger charge is 2.14. The van der Waals surface area contributed by atoms with Gasteiger partial charge in [-0.15, -0.1) is 0 Å². The van der Waals surface area contributed by atoms with E-state index in [2.05, 4.69) is 28.4 Å². The lowest BCUT2D eigenvalue weighted by Gasteiger charge is -2.26. The number of hydrogen-bond donors (Lipinski definition) is 1. The topological polar surface area (TPSA) is 47.1 Å². The highest BCUT2D eigenvalue weighted by atomic mass is 15.2. The van der Waals surface area contributed by atoms with Crippen LogP contribution in [0.4, 0.5) is 0 Å². The van der Waals surface area contributed by atoms with Gasteiger partial charge in [0.2, 0.25) is 0 Å². The Morgan fingerprint density at radius 1 is 1.56 bits per heavy atom. The van der Waals surface area contributed by atoms with E-state index in [0.717, 1.165) is 18.9 Å². The number of unbranched alkanes of at least 4 members (excludes halogenated alkanes) is 1. The molecule has 0 aliphatic heterocycles. The highest BCUT2D eigenvalue weighted by molar-refractivity contribution is 4.91. The lowest BCUT2D eigenvalue weighted by molar-refractivity contribution is 0.217. The third-order valence-corrected chi connectivity index (χ3v) is 3.10. The Balaban J connectivity index is 2.49. The Morgan fingerprint density at radius 2 is 2.31 bits per heavy atom. The van der Waals surface area contributed by atoms with E-state index in [4.69, 9.17) is 5.73 Å². The van der Waals surface area contributed by atoms with Gasteiger partial charge >= 0.3 is 0 Å². The molecular formula is C12H24N4. The van der Waals surface area contributed by atoms with Crippen molar-refractivity contribution in [2.45, 2.75) is 38.8 Å². The standard InChI is InChI=1S/C12H24N4/c1-4-5-6-11(9-13)16(3)10-12-14-7-8-15(12)2/h7-8,11H,4-6,9-10,13H2,1-3H3. The summed E-state index contributed by atoms with van der Waals surface area (Å²) in [6.07, 6.45) is 7.47. The molecule has 1 aromatic heterocycles. The average molecular weight is 224 g/mol. The number of rotatable bonds is 7. The van der Waals surface area contributed by atoms with Gasteiger partial charge in [-0.25, -0.2) is 4.98 Å². The highest BCUT2D eigenvalue weighted by Crippen LogP contribution is 2.09. The molecule has 0 fully saturated rings. The molecule has 0 saturated heterocycles. The summed E-state index contributed by atoms with van der Waals surface area (Å²) >= 11 is 0. The second kappa shape index (κ2) is 6.66. The number of aromatic nitrogens is 2. The number of nitrogens with two attached hydrogens (primary N) is 1. The van der Waals surface area contributed by atoms with Crippen LogP contribution < -0.4 is 5.73 Å². The van der Waals surface area contributed by atoms with E-state index in [1.165, 1.54) is 19.3 Å². The van der Waals surface area contributed by atoms with Crippen LogP contribution in [0.1, 0.15) is 32.0 Å². The number of aryl methyl sites for hydroxylation is 1. The molecule has 0 bridgehead atoms. The van der Waals surface area contributed by atoms with Crippen molar-refractivity contribution < 1.29 is 0 Å². The summed E-state index contributed by atoms with van der Waals surface area (Å²) in [4.78, 5) is 6.64. The van der Waals surface area contributed by atoms with Crippen LogP contribution in [0.5, 0.6) is 0 Å². The minimum Gasteiger partial charge on any atom is -0.337 e. The number of likely N-dealkylation sites (N-methyl/N-ethyl adjacent to an activating group) is 1. The summed E-state index contributed by atoms with van der Waals surface area (Å²) in [5.41, 5.74) is 5.81. The Labute approximate surface area is 98.5 Å². The van der Waals surface area contributed by atoms with Gasteiger partial charge in [0.05, 0.1) is 6.54 Å². The van der Waals surface area contributed by atoms with Crippen molar-refractivity contribution in [2.75, 3.05) is 13.6 Å². The Bertz CT molecular complexity index is 295. The van der Waals surface area contributed by atoms with Crippen molar-refractivity contribution in [3.63, 3.8) is 0 Å². The van der Waals surface area contributed by atoms with Crippen LogP contribution in [0.2, 0.25) is 0 Å². The van der Waals surface area contributed by atoms with Crippen molar-refractivity contribution in [3.05, 3.63) is 18.2 Å². The van der Waals surface area contributed by atoms with Crippen LogP contribution in [0.25, 0.3) is 0 Å². The van der Waals surface area contributed by atoms with Gasteiger partial charge in [-0.05, 0) is 13.5 Å². The van der Waals surface area contributed by atoms with Crippen LogP contribution >= 0.6 is 0 Å². The van der Waals surface area contributed by atoms with Crippen LogP contribution in [0, 0.1) is 0 Å². The monoisotopic (exact) mass is 224 g/mol. The zero-order valence-electron chi connectivity index (χ0n) is 10.7. The van der Waals surface area contributed by atoms with E-state index in [1.54, 1.807) is 0 Å². The molecule has 1 atom stereocenters. The molecule has 1 unspecified atom stereocenters. The van der Waals surface area contributed by atoms with E-state index < -0.39 is 0 Å². The normalized spacial score (nSPS) is 13.3. The first-order chi connectivity index (χ1) is 7.69. The molecule has 0 aliphatic rings.